The minimum atomic E-state index is -0.238. The summed E-state index contributed by atoms with van der Waals surface area (Å²) < 4.78 is 0. The van der Waals surface area contributed by atoms with E-state index in [4.69, 9.17) is 0 Å². The number of fused-ring (bicyclic) bond motifs is 1. The van der Waals surface area contributed by atoms with E-state index in [2.05, 4.69) is 51.7 Å². The zero-order valence-corrected chi connectivity index (χ0v) is 16.1. The van der Waals surface area contributed by atoms with Gasteiger partial charge in [0.25, 0.3) is 0 Å². The summed E-state index contributed by atoms with van der Waals surface area (Å²) in [5.74, 6) is 1.61. The molecule has 4 rings (SSSR count). The molecule has 0 atom stereocenters. The van der Waals surface area contributed by atoms with Gasteiger partial charge in [0.1, 0.15) is 5.82 Å². The molecule has 0 saturated heterocycles. The molecular weight excluding hydrogens is 352 g/mol. The van der Waals surface area contributed by atoms with Gasteiger partial charge in [-0.1, -0.05) is 45.0 Å². The summed E-state index contributed by atoms with van der Waals surface area (Å²) in [6.45, 7) is 6.18. The molecule has 3 aromatic rings. The number of para-hydroxylation sites is 1. The number of carbonyl (C=O) groups excluding carboxylic acids is 1. The van der Waals surface area contributed by atoms with Crippen LogP contribution in [-0.2, 0) is 16.6 Å². The predicted octanol–water partition coefficient (Wildman–Crippen LogP) is 4.15. The highest BCUT2D eigenvalue weighted by atomic mass is 16.1. The zero-order valence-electron chi connectivity index (χ0n) is 16.1. The Morgan fingerprint density at radius 3 is 2.25 bits per heavy atom. The number of amides is 1. The Morgan fingerprint density at radius 1 is 0.893 bits per heavy atom. The van der Waals surface area contributed by atoms with E-state index in [0.717, 1.165) is 22.6 Å². The van der Waals surface area contributed by atoms with Crippen LogP contribution in [0.5, 0.6) is 0 Å². The molecule has 0 aliphatic carbocycles. The summed E-state index contributed by atoms with van der Waals surface area (Å²) in [6.07, 6.45) is 0.417. The molecule has 2 aromatic carbocycles. The maximum absolute atomic E-state index is 11.6. The summed E-state index contributed by atoms with van der Waals surface area (Å²) >= 11 is 0. The fourth-order valence-electron chi connectivity index (χ4n) is 2.89. The van der Waals surface area contributed by atoms with Crippen molar-refractivity contribution in [2.75, 3.05) is 16.0 Å². The first-order valence-electron chi connectivity index (χ1n) is 9.15. The van der Waals surface area contributed by atoms with Gasteiger partial charge in [-0.2, -0.15) is 15.0 Å². The molecule has 0 unspecified atom stereocenters. The van der Waals surface area contributed by atoms with Crippen LogP contribution in [0, 0.1) is 0 Å². The lowest BCUT2D eigenvalue weighted by molar-refractivity contribution is -0.115. The van der Waals surface area contributed by atoms with Crippen molar-refractivity contribution in [1.29, 1.82) is 0 Å². The SMILES string of the molecule is CC(C)(C)c1nc(Nc2ccccc2)nc(Nc2ccc3c(c2)NC(=O)C3)n1. The van der Waals surface area contributed by atoms with Gasteiger partial charge in [-0.25, -0.2) is 0 Å². The van der Waals surface area contributed by atoms with Crippen molar-refractivity contribution in [2.45, 2.75) is 32.6 Å². The first kappa shape index (κ1) is 17.9. The van der Waals surface area contributed by atoms with E-state index >= 15 is 0 Å². The molecule has 0 spiro atoms. The van der Waals surface area contributed by atoms with Crippen LogP contribution in [0.4, 0.5) is 29.0 Å². The highest BCUT2D eigenvalue weighted by Crippen LogP contribution is 2.28. The van der Waals surface area contributed by atoms with Gasteiger partial charge in [-0.15, -0.1) is 0 Å². The molecule has 2 heterocycles. The van der Waals surface area contributed by atoms with Crippen molar-refractivity contribution in [2.24, 2.45) is 0 Å². The third-order valence-electron chi connectivity index (χ3n) is 4.33. The topological polar surface area (TPSA) is 91.8 Å². The van der Waals surface area contributed by atoms with Crippen LogP contribution in [0.15, 0.2) is 48.5 Å². The quantitative estimate of drug-likeness (QED) is 0.635. The third-order valence-corrected chi connectivity index (χ3v) is 4.33. The molecule has 7 heteroatoms. The molecule has 1 amide bonds. The van der Waals surface area contributed by atoms with Crippen molar-refractivity contribution in [3.63, 3.8) is 0 Å². The molecular formula is C21H22N6O. The summed E-state index contributed by atoms with van der Waals surface area (Å²) in [4.78, 5) is 25.3. The number of benzene rings is 2. The molecule has 1 aliphatic rings. The number of hydrogen-bond donors (Lipinski definition) is 3. The monoisotopic (exact) mass is 374 g/mol. The molecule has 28 heavy (non-hydrogen) atoms. The van der Waals surface area contributed by atoms with Crippen LogP contribution in [-0.4, -0.2) is 20.9 Å². The second kappa shape index (κ2) is 6.92. The average Bonchev–Trinajstić information content (AvgIpc) is 3.01. The van der Waals surface area contributed by atoms with E-state index in [1.165, 1.54) is 0 Å². The highest BCUT2D eigenvalue weighted by molar-refractivity contribution is 5.99. The number of carbonyl (C=O) groups is 1. The summed E-state index contributed by atoms with van der Waals surface area (Å²) in [7, 11) is 0. The smallest absolute Gasteiger partial charge is 0.232 e. The lowest BCUT2D eigenvalue weighted by Gasteiger charge is -2.18. The maximum Gasteiger partial charge on any atom is 0.232 e. The number of hydrogen-bond acceptors (Lipinski definition) is 6. The molecule has 3 N–H and O–H groups in total. The second-order valence-corrected chi connectivity index (χ2v) is 7.77. The lowest BCUT2D eigenvalue weighted by Crippen LogP contribution is -2.19. The Hall–Kier alpha value is -3.48. The third kappa shape index (κ3) is 3.93. The van der Waals surface area contributed by atoms with Gasteiger partial charge in [0.05, 0.1) is 6.42 Å². The van der Waals surface area contributed by atoms with E-state index in [-0.39, 0.29) is 11.3 Å². The standard InChI is InChI=1S/C21H22N6O/c1-21(2,3)18-25-19(22-14-7-5-4-6-8-14)27-20(26-18)23-15-10-9-13-11-17(28)24-16(13)12-15/h4-10,12H,11H2,1-3H3,(H,24,28)(H2,22,23,25,26,27). The Bertz CT molecular complexity index is 1030. The van der Waals surface area contributed by atoms with Crippen LogP contribution in [0.2, 0.25) is 0 Å². The van der Waals surface area contributed by atoms with Gasteiger partial charge >= 0.3 is 0 Å². The predicted molar refractivity (Wildman–Crippen MR) is 110 cm³/mol. The molecule has 0 radical (unpaired) electrons. The van der Waals surface area contributed by atoms with E-state index < -0.39 is 0 Å². The second-order valence-electron chi connectivity index (χ2n) is 7.77. The first-order chi connectivity index (χ1) is 13.4. The van der Waals surface area contributed by atoms with Gasteiger partial charge in [-0.3, -0.25) is 4.79 Å². The van der Waals surface area contributed by atoms with Gasteiger partial charge in [0.15, 0.2) is 0 Å². The van der Waals surface area contributed by atoms with Crippen LogP contribution < -0.4 is 16.0 Å². The fraction of sp³-hybridized carbons (Fsp3) is 0.238. The number of nitrogens with one attached hydrogen (secondary N) is 3. The number of aromatic nitrogens is 3. The van der Waals surface area contributed by atoms with E-state index in [0.29, 0.717) is 24.1 Å². The number of anilines is 5. The molecule has 0 bridgehead atoms. The van der Waals surface area contributed by atoms with Gasteiger partial charge in [0.2, 0.25) is 17.8 Å². The van der Waals surface area contributed by atoms with Crippen molar-refractivity contribution < 1.29 is 4.79 Å². The summed E-state index contributed by atoms with van der Waals surface area (Å²) in [5.41, 5.74) is 3.28. The Morgan fingerprint density at radius 2 is 1.57 bits per heavy atom. The number of rotatable bonds is 4. The average molecular weight is 374 g/mol. The molecule has 142 valence electrons. The Labute approximate surface area is 163 Å². The fourth-order valence-corrected chi connectivity index (χ4v) is 2.89. The first-order valence-corrected chi connectivity index (χ1v) is 9.15. The summed E-state index contributed by atoms with van der Waals surface area (Å²) in [6, 6.07) is 15.5. The number of nitrogens with zero attached hydrogens (tertiary/aromatic N) is 3. The van der Waals surface area contributed by atoms with Crippen molar-refractivity contribution >= 4 is 34.9 Å². The van der Waals surface area contributed by atoms with Crippen LogP contribution >= 0.6 is 0 Å². The minimum Gasteiger partial charge on any atom is -0.325 e. The molecule has 1 aromatic heterocycles. The molecule has 7 nitrogen and oxygen atoms in total. The minimum absolute atomic E-state index is 0.0108. The molecule has 1 aliphatic heterocycles. The molecule has 0 saturated carbocycles. The highest BCUT2D eigenvalue weighted by Gasteiger charge is 2.21. The van der Waals surface area contributed by atoms with Crippen LogP contribution in [0.25, 0.3) is 0 Å². The Balaban J connectivity index is 1.65. The lowest BCUT2D eigenvalue weighted by atomic mass is 9.96. The van der Waals surface area contributed by atoms with E-state index in [1.807, 2.05) is 48.5 Å². The van der Waals surface area contributed by atoms with Crippen molar-refractivity contribution in [1.82, 2.24) is 15.0 Å². The van der Waals surface area contributed by atoms with E-state index in [9.17, 15) is 4.79 Å². The maximum atomic E-state index is 11.6. The molecule has 0 fully saturated rings. The zero-order chi connectivity index (χ0) is 19.7. The van der Waals surface area contributed by atoms with Crippen LogP contribution in [0.1, 0.15) is 32.2 Å². The van der Waals surface area contributed by atoms with Crippen molar-refractivity contribution in [3.8, 4) is 0 Å². The van der Waals surface area contributed by atoms with Gasteiger partial charge in [-0.05, 0) is 29.8 Å². The van der Waals surface area contributed by atoms with Gasteiger partial charge < -0.3 is 16.0 Å². The largest absolute Gasteiger partial charge is 0.325 e. The van der Waals surface area contributed by atoms with E-state index in [1.54, 1.807) is 0 Å². The van der Waals surface area contributed by atoms with Crippen LogP contribution in [0.3, 0.4) is 0 Å². The van der Waals surface area contributed by atoms with Gasteiger partial charge in [0, 0.05) is 22.5 Å². The normalized spacial score (nSPS) is 13.0. The Kier molecular flexibility index (Phi) is 4.43. The summed E-state index contributed by atoms with van der Waals surface area (Å²) in [5, 5.41) is 9.32. The van der Waals surface area contributed by atoms with Crippen molar-refractivity contribution in [3.05, 3.63) is 59.9 Å².